The molecule has 1 aromatic rings. The molecular formula is C17H23NO5S. The number of carbonyl (C=O) groups excluding carboxylic acids is 3. The lowest BCUT2D eigenvalue weighted by molar-refractivity contribution is -0.166. The number of nitrogens with one attached hydrogen (secondary N) is 1. The van der Waals surface area contributed by atoms with Crippen molar-refractivity contribution >= 4 is 29.6 Å². The SMILES string of the molecule is CCOC(=O)C(CSCc1ccccc1)(NC(C)=O)C(=O)OCC. The first kappa shape index (κ1) is 20.0. The van der Waals surface area contributed by atoms with Crippen LogP contribution in [0.1, 0.15) is 26.3 Å². The summed E-state index contributed by atoms with van der Waals surface area (Å²) in [4.78, 5) is 36.4. The Hall–Kier alpha value is -2.02. The van der Waals surface area contributed by atoms with Crippen LogP contribution in [-0.2, 0) is 29.6 Å². The third-order valence-corrected chi connectivity index (χ3v) is 4.24. The van der Waals surface area contributed by atoms with Gasteiger partial charge >= 0.3 is 11.9 Å². The van der Waals surface area contributed by atoms with Crippen molar-refractivity contribution < 1.29 is 23.9 Å². The Morgan fingerprint density at radius 1 is 1.04 bits per heavy atom. The molecule has 7 heteroatoms. The molecule has 0 fully saturated rings. The van der Waals surface area contributed by atoms with Crippen LogP contribution < -0.4 is 5.32 Å². The smallest absolute Gasteiger partial charge is 0.344 e. The van der Waals surface area contributed by atoms with Gasteiger partial charge < -0.3 is 14.8 Å². The van der Waals surface area contributed by atoms with Gasteiger partial charge in [-0.15, -0.1) is 0 Å². The van der Waals surface area contributed by atoms with Gasteiger partial charge in [0.1, 0.15) is 0 Å². The van der Waals surface area contributed by atoms with Gasteiger partial charge in [0.2, 0.25) is 11.4 Å². The molecule has 1 rings (SSSR count). The van der Waals surface area contributed by atoms with Crippen molar-refractivity contribution in [2.75, 3.05) is 19.0 Å². The second-order valence-electron chi connectivity index (χ2n) is 5.01. The highest BCUT2D eigenvalue weighted by molar-refractivity contribution is 7.98. The Balaban J connectivity index is 2.97. The maximum Gasteiger partial charge on any atom is 0.344 e. The number of ether oxygens (including phenoxy) is 2. The van der Waals surface area contributed by atoms with Crippen molar-refractivity contribution in [2.24, 2.45) is 0 Å². The first-order valence-corrected chi connectivity index (χ1v) is 8.86. The Bertz CT molecular complexity index is 543. The number of carbonyl (C=O) groups is 3. The van der Waals surface area contributed by atoms with Crippen LogP contribution in [0.5, 0.6) is 0 Å². The monoisotopic (exact) mass is 353 g/mol. The molecule has 0 radical (unpaired) electrons. The van der Waals surface area contributed by atoms with Gasteiger partial charge in [0.05, 0.1) is 13.2 Å². The maximum atomic E-state index is 12.4. The van der Waals surface area contributed by atoms with Crippen LogP contribution in [0, 0.1) is 0 Å². The molecule has 1 amide bonds. The molecule has 0 aromatic heterocycles. The average Bonchev–Trinajstić information content (AvgIpc) is 2.54. The Morgan fingerprint density at radius 3 is 2.04 bits per heavy atom. The summed E-state index contributed by atoms with van der Waals surface area (Å²) < 4.78 is 10.0. The number of thioether (sulfide) groups is 1. The summed E-state index contributed by atoms with van der Waals surface area (Å²) in [7, 11) is 0. The maximum absolute atomic E-state index is 12.4. The van der Waals surface area contributed by atoms with Crippen LogP contribution in [0.25, 0.3) is 0 Å². The summed E-state index contributed by atoms with van der Waals surface area (Å²) in [6.45, 7) is 4.72. The largest absolute Gasteiger partial charge is 0.464 e. The fourth-order valence-corrected chi connectivity index (χ4v) is 3.19. The predicted molar refractivity (Wildman–Crippen MR) is 92.4 cm³/mol. The lowest BCUT2D eigenvalue weighted by Gasteiger charge is -2.29. The molecule has 1 N–H and O–H groups in total. The van der Waals surface area contributed by atoms with Crippen molar-refractivity contribution in [1.82, 2.24) is 5.32 Å². The van der Waals surface area contributed by atoms with Crippen molar-refractivity contribution in [1.29, 1.82) is 0 Å². The van der Waals surface area contributed by atoms with Gasteiger partial charge in [-0.05, 0) is 19.4 Å². The van der Waals surface area contributed by atoms with Gasteiger partial charge in [-0.3, -0.25) is 4.79 Å². The van der Waals surface area contributed by atoms with E-state index >= 15 is 0 Å². The van der Waals surface area contributed by atoms with Crippen molar-refractivity contribution in [3.05, 3.63) is 35.9 Å². The molecule has 0 saturated heterocycles. The molecule has 0 heterocycles. The molecule has 0 spiro atoms. The molecule has 6 nitrogen and oxygen atoms in total. The number of hydrogen-bond donors (Lipinski definition) is 1. The first-order chi connectivity index (χ1) is 11.5. The van der Waals surface area contributed by atoms with Crippen LogP contribution in [0.3, 0.4) is 0 Å². The summed E-state index contributed by atoms with van der Waals surface area (Å²) in [6.07, 6.45) is 0. The topological polar surface area (TPSA) is 81.7 Å². The first-order valence-electron chi connectivity index (χ1n) is 7.71. The Kier molecular flexibility index (Phi) is 8.32. The third-order valence-electron chi connectivity index (χ3n) is 3.07. The normalized spacial score (nSPS) is 10.8. The molecule has 0 aliphatic heterocycles. The summed E-state index contributed by atoms with van der Waals surface area (Å²) in [5.74, 6) is -1.50. The number of hydrogen-bond acceptors (Lipinski definition) is 6. The van der Waals surface area contributed by atoms with E-state index in [0.29, 0.717) is 5.75 Å². The highest BCUT2D eigenvalue weighted by Crippen LogP contribution is 2.22. The minimum atomic E-state index is -1.84. The zero-order chi connectivity index (χ0) is 18.0. The van der Waals surface area contributed by atoms with Crippen molar-refractivity contribution in [2.45, 2.75) is 32.1 Å². The molecule has 0 aliphatic carbocycles. The zero-order valence-corrected chi connectivity index (χ0v) is 15.0. The van der Waals surface area contributed by atoms with Gasteiger partial charge in [-0.25, -0.2) is 9.59 Å². The third kappa shape index (κ3) is 5.56. The van der Waals surface area contributed by atoms with E-state index < -0.39 is 23.4 Å². The molecule has 24 heavy (non-hydrogen) atoms. The van der Waals surface area contributed by atoms with E-state index in [-0.39, 0.29) is 19.0 Å². The minimum absolute atomic E-state index is 0.0269. The van der Waals surface area contributed by atoms with Crippen molar-refractivity contribution in [3.8, 4) is 0 Å². The van der Waals surface area contributed by atoms with Crippen molar-refractivity contribution in [3.63, 3.8) is 0 Å². The highest BCUT2D eigenvalue weighted by Gasteiger charge is 2.50. The molecule has 0 aliphatic rings. The quantitative estimate of drug-likeness (QED) is 0.540. The van der Waals surface area contributed by atoms with Crippen LogP contribution in [0.15, 0.2) is 30.3 Å². The zero-order valence-electron chi connectivity index (χ0n) is 14.2. The van der Waals surface area contributed by atoms with E-state index in [1.807, 2.05) is 30.3 Å². The second kappa shape index (κ2) is 9.97. The molecule has 0 saturated carbocycles. The molecule has 0 atom stereocenters. The van der Waals surface area contributed by atoms with Crippen LogP contribution >= 0.6 is 11.8 Å². The van der Waals surface area contributed by atoms with Gasteiger partial charge in [0.15, 0.2) is 0 Å². The van der Waals surface area contributed by atoms with E-state index in [0.717, 1.165) is 5.56 Å². The second-order valence-corrected chi connectivity index (χ2v) is 5.99. The summed E-state index contributed by atoms with van der Waals surface area (Å²) >= 11 is 1.35. The van der Waals surface area contributed by atoms with E-state index in [4.69, 9.17) is 9.47 Å². The Morgan fingerprint density at radius 2 is 1.58 bits per heavy atom. The number of rotatable bonds is 9. The average molecular weight is 353 g/mol. The molecule has 0 unspecified atom stereocenters. The van der Waals surface area contributed by atoms with E-state index in [9.17, 15) is 14.4 Å². The van der Waals surface area contributed by atoms with E-state index in [1.165, 1.54) is 18.7 Å². The van der Waals surface area contributed by atoms with Gasteiger partial charge in [-0.2, -0.15) is 11.8 Å². The summed E-state index contributed by atoms with van der Waals surface area (Å²) in [5, 5.41) is 2.44. The van der Waals surface area contributed by atoms with Gasteiger partial charge in [0.25, 0.3) is 0 Å². The fraction of sp³-hybridized carbons (Fsp3) is 0.471. The molecule has 1 aromatic carbocycles. The number of amides is 1. The van der Waals surface area contributed by atoms with E-state index in [1.54, 1.807) is 13.8 Å². The lowest BCUT2D eigenvalue weighted by atomic mass is 10.0. The molecule has 0 bridgehead atoms. The molecular weight excluding hydrogens is 330 g/mol. The highest BCUT2D eigenvalue weighted by atomic mass is 32.2. The Labute approximate surface area is 146 Å². The van der Waals surface area contributed by atoms with Gasteiger partial charge in [-0.1, -0.05) is 30.3 Å². The minimum Gasteiger partial charge on any atom is -0.464 e. The number of esters is 2. The number of benzene rings is 1. The van der Waals surface area contributed by atoms with Gasteiger partial charge in [0, 0.05) is 18.4 Å². The van der Waals surface area contributed by atoms with Crippen LogP contribution in [0.4, 0.5) is 0 Å². The molecule has 132 valence electrons. The summed E-state index contributed by atoms with van der Waals surface area (Å²) in [5.41, 5.74) is -0.788. The summed E-state index contributed by atoms with van der Waals surface area (Å²) in [6, 6.07) is 9.62. The van der Waals surface area contributed by atoms with E-state index in [2.05, 4.69) is 5.32 Å². The fourth-order valence-electron chi connectivity index (χ4n) is 2.04. The predicted octanol–water partition coefficient (Wildman–Crippen LogP) is 1.92. The lowest BCUT2D eigenvalue weighted by Crippen LogP contribution is -2.63. The standard InChI is InChI=1S/C17H23NO5S/c1-4-22-15(20)17(18-13(3)19,16(21)23-5-2)12-24-11-14-9-7-6-8-10-14/h6-10H,4-5,11-12H2,1-3H3,(H,18,19). The van der Waals surface area contributed by atoms with Crippen LogP contribution in [0.2, 0.25) is 0 Å². The van der Waals surface area contributed by atoms with Crippen LogP contribution in [-0.4, -0.2) is 42.4 Å².